The Balaban J connectivity index is 2.12. The smallest absolute Gasteiger partial charge is 0.266 e. The fourth-order valence-corrected chi connectivity index (χ4v) is 4.44. The number of hydrogen-bond donors (Lipinski definition) is 1. The number of anilines is 2. The molecule has 0 fully saturated rings. The van der Waals surface area contributed by atoms with Crippen molar-refractivity contribution in [3.8, 4) is 0 Å². The van der Waals surface area contributed by atoms with Crippen molar-refractivity contribution in [2.75, 3.05) is 16.6 Å². The highest BCUT2D eigenvalue weighted by atomic mass is 35.5. The van der Waals surface area contributed by atoms with E-state index in [2.05, 4.69) is 0 Å². The van der Waals surface area contributed by atoms with Gasteiger partial charge >= 0.3 is 0 Å². The molecule has 0 saturated heterocycles. The Bertz CT molecular complexity index is 790. The lowest BCUT2D eigenvalue weighted by molar-refractivity contribution is 0.587. The summed E-state index contributed by atoms with van der Waals surface area (Å²) in [5.74, 6) is 0. The van der Waals surface area contributed by atoms with E-state index in [4.69, 9.17) is 17.3 Å². The summed E-state index contributed by atoms with van der Waals surface area (Å²) in [6.45, 7) is 0.460. The predicted molar refractivity (Wildman–Crippen MR) is 85.2 cm³/mol. The van der Waals surface area contributed by atoms with Crippen LogP contribution in [0.3, 0.4) is 0 Å². The number of nitrogens with two attached hydrogens (primary N) is 1. The minimum atomic E-state index is -3.67. The number of para-hydroxylation sites is 1. The number of benzene rings is 2. The van der Waals surface area contributed by atoms with Crippen LogP contribution in [0.2, 0.25) is 5.02 Å². The van der Waals surface area contributed by atoms with E-state index in [-0.39, 0.29) is 10.6 Å². The average molecular weight is 323 g/mol. The molecule has 0 aromatic heterocycles. The van der Waals surface area contributed by atoms with Crippen LogP contribution in [0, 0.1) is 0 Å². The number of hydrogen-bond acceptors (Lipinski definition) is 3. The quantitative estimate of drug-likeness (QED) is 0.864. The molecule has 0 atom stereocenters. The van der Waals surface area contributed by atoms with Crippen molar-refractivity contribution >= 4 is 33.0 Å². The summed E-state index contributed by atoms with van der Waals surface area (Å²) < 4.78 is 27.2. The van der Waals surface area contributed by atoms with Crippen LogP contribution in [0.4, 0.5) is 11.4 Å². The molecule has 0 aliphatic carbocycles. The number of aryl methyl sites for hydroxylation is 1. The zero-order valence-electron chi connectivity index (χ0n) is 11.3. The highest BCUT2D eigenvalue weighted by Crippen LogP contribution is 2.34. The van der Waals surface area contributed by atoms with Crippen LogP contribution in [0.1, 0.15) is 12.0 Å². The minimum absolute atomic E-state index is 0.101. The van der Waals surface area contributed by atoms with E-state index in [0.717, 1.165) is 24.1 Å². The average Bonchev–Trinajstić information content (AvgIpc) is 2.46. The van der Waals surface area contributed by atoms with Crippen LogP contribution in [-0.2, 0) is 16.4 Å². The molecule has 1 heterocycles. The van der Waals surface area contributed by atoms with Crippen molar-refractivity contribution in [1.82, 2.24) is 0 Å². The Morgan fingerprint density at radius 1 is 1.14 bits per heavy atom. The summed E-state index contributed by atoms with van der Waals surface area (Å²) in [5.41, 5.74) is 7.79. The van der Waals surface area contributed by atoms with Crippen LogP contribution in [0.15, 0.2) is 47.4 Å². The van der Waals surface area contributed by atoms with Crippen molar-refractivity contribution in [2.24, 2.45) is 0 Å². The van der Waals surface area contributed by atoms with Gasteiger partial charge in [-0.1, -0.05) is 29.8 Å². The van der Waals surface area contributed by atoms with Gasteiger partial charge in [0.05, 0.1) is 11.4 Å². The standard InChI is InChI=1S/C15H15ClN2O2S/c16-12-7-8-15(13(17)10-12)21(19,20)18-9-3-5-11-4-1-2-6-14(11)18/h1-2,4,6-8,10H,3,5,9,17H2. The first-order valence-electron chi connectivity index (χ1n) is 6.66. The molecule has 0 saturated carbocycles. The highest BCUT2D eigenvalue weighted by Gasteiger charge is 2.30. The van der Waals surface area contributed by atoms with Crippen LogP contribution >= 0.6 is 11.6 Å². The second-order valence-corrected chi connectivity index (χ2v) is 7.26. The molecule has 0 spiro atoms. The summed E-state index contributed by atoms with van der Waals surface area (Å²) in [7, 11) is -3.67. The van der Waals surface area contributed by atoms with Crippen molar-refractivity contribution in [2.45, 2.75) is 17.7 Å². The Morgan fingerprint density at radius 3 is 2.67 bits per heavy atom. The lowest BCUT2D eigenvalue weighted by atomic mass is 10.0. The molecular weight excluding hydrogens is 308 g/mol. The molecule has 110 valence electrons. The fraction of sp³-hybridized carbons (Fsp3) is 0.200. The lowest BCUT2D eigenvalue weighted by Crippen LogP contribution is -2.35. The van der Waals surface area contributed by atoms with E-state index in [1.165, 1.54) is 16.4 Å². The zero-order chi connectivity index (χ0) is 15.0. The van der Waals surface area contributed by atoms with E-state index in [1.54, 1.807) is 6.07 Å². The van der Waals surface area contributed by atoms with E-state index in [1.807, 2.05) is 24.3 Å². The molecule has 2 aromatic rings. The summed E-state index contributed by atoms with van der Waals surface area (Å²) in [6, 6.07) is 12.0. The third kappa shape index (κ3) is 2.47. The number of sulfonamides is 1. The molecule has 21 heavy (non-hydrogen) atoms. The summed E-state index contributed by atoms with van der Waals surface area (Å²) in [5, 5.41) is 0.422. The Morgan fingerprint density at radius 2 is 1.90 bits per heavy atom. The molecule has 0 unspecified atom stereocenters. The van der Waals surface area contributed by atoms with E-state index >= 15 is 0 Å². The molecule has 1 aliphatic heterocycles. The topological polar surface area (TPSA) is 63.4 Å². The Labute approximate surface area is 129 Å². The first-order valence-corrected chi connectivity index (χ1v) is 8.47. The van der Waals surface area contributed by atoms with Crippen LogP contribution in [-0.4, -0.2) is 15.0 Å². The van der Waals surface area contributed by atoms with Crippen LogP contribution in [0.5, 0.6) is 0 Å². The molecule has 0 bridgehead atoms. The van der Waals surface area contributed by atoms with Gasteiger partial charge < -0.3 is 5.73 Å². The van der Waals surface area contributed by atoms with Crippen molar-refractivity contribution in [3.63, 3.8) is 0 Å². The van der Waals surface area contributed by atoms with Crippen LogP contribution in [0.25, 0.3) is 0 Å². The van der Waals surface area contributed by atoms with Gasteiger partial charge in [0.15, 0.2) is 0 Å². The third-order valence-corrected chi connectivity index (χ3v) is 5.73. The number of rotatable bonds is 2. The Hall–Kier alpha value is -1.72. The zero-order valence-corrected chi connectivity index (χ0v) is 12.9. The summed E-state index contributed by atoms with van der Waals surface area (Å²) >= 11 is 5.85. The minimum Gasteiger partial charge on any atom is -0.398 e. The third-order valence-electron chi connectivity index (χ3n) is 3.61. The molecule has 1 aliphatic rings. The number of nitrogens with zero attached hydrogens (tertiary/aromatic N) is 1. The second kappa shape index (κ2) is 5.24. The number of halogens is 1. The van der Waals surface area contributed by atoms with Gasteiger partial charge in [0.1, 0.15) is 4.90 Å². The highest BCUT2D eigenvalue weighted by molar-refractivity contribution is 7.93. The normalized spacial score (nSPS) is 14.8. The largest absolute Gasteiger partial charge is 0.398 e. The SMILES string of the molecule is Nc1cc(Cl)ccc1S(=O)(=O)N1CCCc2ccccc21. The molecule has 4 nitrogen and oxygen atoms in total. The molecule has 0 radical (unpaired) electrons. The first kappa shape index (κ1) is 14.2. The molecule has 2 N–H and O–H groups in total. The van der Waals surface area contributed by atoms with Gasteiger partial charge in [0.2, 0.25) is 0 Å². The molecule has 3 rings (SSSR count). The maximum Gasteiger partial charge on any atom is 0.266 e. The number of fused-ring (bicyclic) bond motifs is 1. The molecular formula is C15H15ClN2O2S. The molecule has 2 aromatic carbocycles. The predicted octanol–water partition coefficient (Wildman–Crippen LogP) is 3.06. The van der Waals surface area contributed by atoms with Gasteiger partial charge in [0.25, 0.3) is 10.0 Å². The van der Waals surface area contributed by atoms with E-state index in [0.29, 0.717) is 11.6 Å². The van der Waals surface area contributed by atoms with Crippen molar-refractivity contribution in [3.05, 3.63) is 53.1 Å². The van der Waals surface area contributed by atoms with Gasteiger partial charge in [-0.2, -0.15) is 0 Å². The van der Waals surface area contributed by atoms with Gasteiger partial charge in [-0.15, -0.1) is 0 Å². The van der Waals surface area contributed by atoms with Crippen LogP contribution < -0.4 is 10.0 Å². The van der Waals surface area contributed by atoms with Crippen molar-refractivity contribution < 1.29 is 8.42 Å². The van der Waals surface area contributed by atoms with E-state index in [9.17, 15) is 8.42 Å². The summed E-state index contributed by atoms with van der Waals surface area (Å²) in [4.78, 5) is 0.101. The maximum atomic E-state index is 12.9. The first-order chi connectivity index (χ1) is 10.00. The van der Waals surface area contributed by atoms with Gasteiger partial charge in [0, 0.05) is 11.6 Å². The molecule has 6 heteroatoms. The summed E-state index contributed by atoms with van der Waals surface area (Å²) in [6.07, 6.45) is 1.68. The maximum absolute atomic E-state index is 12.9. The second-order valence-electron chi connectivity index (χ2n) is 4.99. The van der Waals surface area contributed by atoms with Gasteiger partial charge in [-0.05, 0) is 42.7 Å². The van der Waals surface area contributed by atoms with E-state index < -0.39 is 10.0 Å². The fourth-order valence-electron chi connectivity index (χ4n) is 2.62. The monoisotopic (exact) mass is 322 g/mol. The Kier molecular flexibility index (Phi) is 3.55. The lowest BCUT2D eigenvalue weighted by Gasteiger charge is -2.30. The van der Waals surface area contributed by atoms with Gasteiger partial charge in [-0.3, -0.25) is 4.31 Å². The molecule has 0 amide bonds. The van der Waals surface area contributed by atoms with Gasteiger partial charge in [-0.25, -0.2) is 8.42 Å². The number of nitrogen functional groups attached to an aromatic ring is 1. The van der Waals surface area contributed by atoms with Crippen molar-refractivity contribution in [1.29, 1.82) is 0 Å².